The van der Waals surface area contributed by atoms with E-state index < -0.39 is 0 Å². The van der Waals surface area contributed by atoms with Crippen molar-refractivity contribution < 1.29 is 4.74 Å². The first-order chi connectivity index (χ1) is 15.6. The second-order valence-electron chi connectivity index (χ2n) is 8.97. The van der Waals surface area contributed by atoms with Crippen LogP contribution >= 0.6 is 0 Å². The molecular weight excluding hydrogens is 396 g/mol. The summed E-state index contributed by atoms with van der Waals surface area (Å²) in [7, 11) is 1.78. The molecule has 5 heteroatoms. The van der Waals surface area contributed by atoms with Crippen molar-refractivity contribution in [1.82, 2.24) is 15.1 Å². The Kier molecular flexibility index (Phi) is 7.61. The third-order valence-corrected chi connectivity index (χ3v) is 6.58. The first-order valence-electron chi connectivity index (χ1n) is 11.8. The van der Waals surface area contributed by atoms with Crippen molar-refractivity contribution in [2.45, 2.75) is 51.6 Å². The zero-order chi connectivity index (χ0) is 22.3. The van der Waals surface area contributed by atoms with Crippen LogP contribution in [-0.2, 0) is 11.2 Å². The molecule has 32 heavy (non-hydrogen) atoms. The van der Waals surface area contributed by atoms with Gasteiger partial charge in [0.1, 0.15) is 0 Å². The maximum absolute atomic E-state index is 5.43. The van der Waals surface area contributed by atoms with Crippen LogP contribution in [0.3, 0.4) is 0 Å². The highest BCUT2D eigenvalue weighted by molar-refractivity contribution is 5.52. The van der Waals surface area contributed by atoms with Crippen molar-refractivity contribution in [3.63, 3.8) is 0 Å². The molecule has 2 heterocycles. The quantitative estimate of drug-likeness (QED) is 0.498. The topological polar surface area (TPSA) is 42.3 Å². The van der Waals surface area contributed by atoms with Crippen molar-refractivity contribution in [3.8, 4) is 5.69 Å². The highest BCUT2D eigenvalue weighted by atomic mass is 16.5. The van der Waals surface area contributed by atoms with Gasteiger partial charge in [-0.3, -0.25) is 0 Å². The van der Waals surface area contributed by atoms with E-state index in [0.29, 0.717) is 12.1 Å². The molecule has 2 aromatic carbocycles. The standard InChI is InChI=1S/C27H36N4O/c1-21-13-14-26(17-22(21)2)30-19-24(20-32-3)28-18-27(30)12-8-7-9-23-15-16-31(29-23)25-10-5-4-6-11-25/h4-6,10-11,13-17,24,27-28H,7-9,12,18-20H2,1-3H3. The van der Waals surface area contributed by atoms with E-state index >= 15 is 0 Å². The lowest BCUT2D eigenvalue weighted by atomic mass is 10.00. The molecule has 1 fully saturated rings. The molecule has 0 aliphatic carbocycles. The van der Waals surface area contributed by atoms with Gasteiger partial charge in [0.05, 0.1) is 18.0 Å². The van der Waals surface area contributed by atoms with Crippen LogP contribution in [0.25, 0.3) is 5.69 Å². The number of methoxy groups -OCH3 is 1. The van der Waals surface area contributed by atoms with E-state index in [-0.39, 0.29) is 0 Å². The Morgan fingerprint density at radius 3 is 2.62 bits per heavy atom. The molecule has 1 aliphatic heterocycles. The Balaban J connectivity index is 1.33. The minimum atomic E-state index is 0.375. The molecular formula is C27H36N4O. The number of anilines is 1. The summed E-state index contributed by atoms with van der Waals surface area (Å²) in [5.74, 6) is 0. The molecule has 170 valence electrons. The molecule has 0 spiro atoms. The third kappa shape index (κ3) is 5.59. The Morgan fingerprint density at radius 1 is 1.00 bits per heavy atom. The largest absolute Gasteiger partial charge is 0.383 e. The summed E-state index contributed by atoms with van der Waals surface area (Å²) in [6.07, 6.45) is 6.62. The number of nitrogens with one attached hydrogen (secondary N) is 1. The number of hydrogen-bond acceptors (Lipinski definition) is 4. The predicted octanol–water partition coefficient (Wildman–Crippen LogP) is 4.70. The Hall–Kier alpha value is -2.63. The highest BCUT2D eigenvalue weighted by Crippen LogP contribution is 2.25. The van der Waals surface area contributed by atoms with Gasteiger partial charge in [0.15, 0.2) is 0 Å². The number of hydrogen-bond donors (Lipinski definition) is 1. The molecule has 5 nitrogen and oxygen atoms in total. The van der Waals surface area contributed by atoms with Crippen LogP contribution in [-0.4, -0.2) is 48.7 Å². The fourth-order valence-corrected chi connectivity index (χ4v) is 4.56. The number of unbranched alkanes of at least 4 members (excludes halogenated alkanes) is 1. The first-order valence-corrected chi connectivity index (χ1v) is 11.8. The van der Waals surface area contributed by atoms with E-state index in [9.17, 15) is 0 Å². The molecule has 0 radical (unpaired) electrons. The van der Waals surface area contributed by atoms with Crippen LogP contribution in [0.4, 0.5) is 5.69 Å². The summed E-state index contributed by atoms with van der Waals surface area (Å²) in [4.78, 5) is 2.59. The van der Waals surface area contributed by atoms with E-state index in [4.69, 9.17) is 9.84 Å². The smallest absolute Gasteiger partial charge is 0.0645 e. The summed E-state index contributed by atoms with van der Waals surface area (Å²) in [6.45, 7) is 7.13. The number of piperazine rings is 1. The number of benzene rings is 2. The number of aryl methyl sites for hydroxylation is 3. The zero-order valence-corrected chi connectivity index (χ0v) is 19.6. The van der Waals surface area contributed by atoms with Gasteiger partial charge in [-0.25, -0.2) is 4.68 Å². The van der Waals surface area contributed by atoms with Crippen LogP contribution in [0.15, 0.2) is 60.8 Å². The number of nitrogens with zero attached hydrogens (tertiary/aromatic N) is 3. The van der Waals surface area contributed by atoms with Gasteiger partial charge in [-0.2, -0.15) is 5.10 Å². The number of ether oxygens (including phenoxy) is 1. The van der Waals surface area contributed by atoms with Crippen molar-refractivity contribution in [2.24, 2.45) is 0 Å². The fraction of sp³-hybridized carbons (Fsp3) is 0.444. The van der Waals surface area contributed by atoms with Crippen LogP contribution in [0, 0.1) is 13.8 Å². The summed E-state index contributed by atoms with van der Waals surface area (Å²) in [5, 5.41) is 8.45. The van der Waals surface area contributed by atoms with Gasteiger partial charge in [-0.15, -0.1) is 0 Å². The third-order valence-electron chi connectivity index (χ3n) is 6.58. The molecule has 1 aliphatic rings. The summed E-state index contributed by atoms with van der Waals surface area (Å²) < 4.78 is 7.40. The number of aromatic nitrogens is 2. The Labute approximate surface area is 192 Å². The van der Waals surface area contributed by atoms with Gasteiger partial charge >= 0.3 is 0 Å². The lowest BCUT2D eigenvalue weighted by molar-refractivity contribution is 0.157. The average molecular weight is 433 g/mol. The molecule has 0 amide bonds. The summed E-state index contributed by atoms with van der Waals surface area (Å²) in [5.41, 5.74) is 6.33. The maximum Gasteiger partial charge on any atom is 0.0645 e. The van der Waals surface area contributed by atoms with Gasteiger partial charge in [-0.1, -0.05) is 30.7 Å². The van der Waals surface area contributed by atoms with Gasteiger partial charge < -0.3 is 15.0 Å². The Bertz CT molecular complexity index is 984. The molecule has 1 N–H and O–H groups in total. The molecule has 4 rings (SSSR count). The Morgan fingerprint density at radius 2 is 1.84 bits per heavy atom. The van der Waals surface area contributed by atoms with Crippen LogP contribution < -0.4 is 10.2 Å². The molecule has 0 saturated carbocycles. The molecule has 2 atom stereocenters. The number of para-hydroxylation sites is 1. The molecule has 2 unspecified atom stereocenters. The van der Waals surface area contributed by atoms with E-state index in [1.165, 1.54) is 35.3 Å². The summed E-state index contributed by atoms with van der Waals surface area (Å²) in [6, 6.07) is 20.2. The minimum absolute atomic E-state index is 0.375. The van der Waals surface area contributed by atoms with E-state index in [1.54, 1.807) is 7.11 Å². The molecule has 3 aromatic rings. The van der Waals surface area contributed by atoms with E-state index in [0.717, 1.165) is 38.2 Å². The van der Waals surface area contributed by atoms with Crippen molar-refractivity contribution in [3.05, 3.63) is 77.6 Å². The second kappa shape index (κ2) is 10.8. The van der Waals surface area contributed by atoms with Crippen LogP contribution in [0.2, 0.25) is 0 Å². The first kappa shape index (κ1) is 22.6. The van der Waals surface area contributed by atoms with Gasteiger partial charge in [0.2, 0.25) is 0 Å². The van der Waals surface area contributed by atoms with Crippen molar-refractivity contribution in [1.29, 1.82) is 0 Å². The monoisotopic (exact) mass is 432 g/mol. The van der Waals surface area contributed by atoms with Crippen LogP contribution in [0.5, 0.6) is 0 Å². The minimum Gasteiger partial charge on any atom is -0.383 e. The molecule has 1 saturated heterocycles. The predicted molar refractivity (Wildman–Crippen MR) is 132 cm³/mol. The lowest BCUT2D eigenvalue weighted by Crippen LogP contribution is -2.58. The van der Waals surface area contributed by atoms with Crippen molar-refractivity contribution >= 4 is 5.69 Å². The van der Waals surface area contributed by atoms with E-state index in [2.05, 4.69) is 66.7 Å². The lowest BCUT2D eigenvalue weighted by Gasteiger charge is -2.42. The fourth-order valence-electron chi connectivity index (χ4n) is 4.56. The number of rotatable bonds is 9. The zero-order valence-electron chi connectivity index (χ0n) is 19.6. The maximum atomic E-state index is 5.43. The second-order valence-corrected chi connectivity index (χ2v) is 8.97. The molecule has 1 aromatic heterocycles. The van der Waals surface area contributed by atoms with Crippen LogP contribution in [0.1, 0.15) is 36.1 Å². The van der Waals surface area contributed by atoms with Gasteiger partial charge in [0.25, 0.3) is 0 Å². The van der Waals surface area contributed by atoms with Gasteiger partial charge in [-0.05, 0) is 74.6 Å². The SMILES string of the molecule is COCC1CN(c2ccc(C)c(C)c2)C(CCCCc2ccn(-c3ccccc3)n2)CN1. The van der Waals surface area contributed by atoms with Crippen molar-refractivity contribution in [2.75, 3.05) is 31.7 Å². The normalized spacial score (nSPS) is 18.8. The average Bonchev–Trinajstić information content (AvgIpc) is 3.29. The highest BCUT2D eigenvalue weighted by Gasteiger charge is 2.28. The van der Waals surface area contributed by atoms with Gasteiger partial charge in [0, 0.05) is 44.2 Å². The van der Waals surface area contributed by atoms with E-state index in [1.807, 2.05) is 22.9 Å². The summed E-state index contributed by atoms with van der Waals surface area (Å²) >= 11 is 0. The molecule has 0 bridgehead atoms.